The van der Waals surface area contributed by atoms with Crippen LogP contribution in [0.1, 0.15) is 19.4 Å². The van der Waals surface area contributed by atoms with Crippen LogP contribution in [-0.2, 0) is 6.18 Å². The number of anilines is 2. The standard InChI is InChI=1S/C12H7ClF6N4O.C2H6/c13-8-21-9(23-10(22-8)24-5-11(14,15)16)20-7-3-1-2-6(4-7)12(17,18)19;1-2/h1-4H,5H2,(H,20,21,22,23);1-2H3. The van der Waals surface area contributed by atoms with E-state index < -0.39 is 35.8 Å². The third kappa shape index (κ3) is 7.30. The number of benzene rings is 1. The summed E-state index contributed by atoms with van der Waals surface area (Å²) in [4.78, 5) is 10.4. The van der Waals surface area contributed by atoms with Crippen molar-refractivity contribution in [3.63, 3.8) is 0 Å². The van der Waals surface area contributed by atoms with E-state index in [9.17, 15) is 26.3 Å². The number of aromatic nitrogens is 3. The van der Waals surface area contributed by atoms with Crippen molar-refractivity contribution < 1.29 is 31.1 Å². The van der Waals surface area contributed by atoms with Crippen molar-refractivity contribution in [3.8, 4) is 6.01 Å². The Morgan fingerprint density at radius 3 is 2.27 bits per heavy atom. The fraction of sp³-hybridized carbons (Fsp3) is 0.357. The number of rotatable bonds is 4. The Morgan fingerprint density at radius 1 is 1.04 bits per heavy atom. The van der Waals surface area contributed by atoms with Gasteiger partial charge in [0.15, 0.2) is 6.61 Å². The monoisotopic (exact) mass is 402 g/mol. The number of halogens is 7. The van der Waals surface area contributed by atoms with Gasteiger partial charge in [-0.15, -0.1) is 0 Å². The maximum atomic E-state index is 12.6. The molecule has 0 atom stereocenters. The van der Waals surface area contributed by atoms with Crippen LogP contribution >= 0.6 is 11.6 Å². The van der Waals surface area contributed by atoms with E-state index >= 15 is 0 Å². The second-order valence-corrected chi connectivity index (χ2v) is 4.66. The number of hydrogen-bond donors (Lipinski definition) is 1. The number of hydrogen-bond acceptors (Lipinski definition) is 5. The van der Waals surface area contributed by atoms with E-state index in [1.807, 2.05) is 13.8 Å². The Kier molecular flexibility index (Phi) is 7.42. The lowest BCUT2D eigenvalue weighted by atomic mass is 10.2. The minimum atomic E-state index is -4.62. The topological polar surface area (TPSA) is 59.9 Å². The fourth-order valence-corrected chi connectivity index (χ4v) is 1.65. The maximum Gasteiger partial charge on any atom is 0.422 e. The van der Waals surface area contributed by atoms with Crippen LogP contribution in [0.3, 0.4) is 0 Å². The molecule has 26 heavy (non-hydrogen) atoms. The second kappa shape index (κ2) is 8.88. The van der Waals surface area contributed by atoms with Crippen molar-refractivity contribution in [2.75, 3.05) is 11.9 Å². The molecule has 12 heteroatoms. The molecule has 0 amide bonds. The van der Waals surface area contributed by atoms with Crippen LogP contribution in [0.2, 0.25) is 5.28 Å². The molecule has 0 fully saturated rings. The summed E-state index contributed by atoms with van der Waals surface area (Å²) >= 11 is 5.53. The Morgan fingerprint density at radius 2 is 1.69 bits per heavy atom. The summed E-state index contributed by atoms with van der Waals surface area (Å²) in [6.45, 7) is 2.34. The van der Waals surface area contributed by atoms with Crippen LogP contribution in [0.5, 0.6) is 6.01 Å². The minimum Gasteiger partial charge on any atom is -0.454 e. The Bertz CT molecular complexity index is 723. The van der Waals surface area contributed by atoms with Gasteiger partial charge < -0.3 is 10.1 Å². The molecule has 1 N–H and O–H groups in total. The lowest BCUT2D eigenvalue weighted by Crippen LogP contribution is -2.20. The van der Waals surface area contributed by atoms with E-state index in [2.05, 4.69) is 25.0 Å². The summed E-state index contributed by atoms with van der Waals surface area (Å²) in [6, 6.07) is 3.32. The quantitative estimate of drug-likeness (QED) is 0.707. The zero-order valence-corrected chi connectivity index (χ0v) is 14.2. The van der Waals surface area contributed by atoms with Crippen molar-refractivity contribution in [3.05, 3.63) is 35.1 Å². The molecule has 5 nitrogen and oxygen atoms in total. The first kappa shape index (κ1) is 21.7. The molecule has 0 aliphatic rings. The van der Waals surface area contributed by atoms with Gasteiger partial charge in [0.05, 0.1) is 5.56 Å². The van der Waals surface area contributed by atoms with Gasteiger partial charge in [-0.2, -0.15) is 41.3 Å². The molecule has 0 aliphatic carbocycles. The lowest BCUT2D eigenvalue weighted by Gasteiger charge is -2.11. The van der Waals surface area contributed by atoms with Gasteiger partial charge in [0.1, 0.15) is 0 Å². The number of ether oxygens (including phenoxy) is 1. The predicted molar refractivity (Wildman–Crippen MR) is 82.5 cm³/mol. The van der Waals surface area contributed by atoms with Crippen LogP contribution in [-0.4, -0.2) is 27.7 Å². The molecule has 2 aromatic rings. The van der Waals surface area contributed by atoms with E-state index in [1.165, 1.54) is 6.07 Å². The van der Waals surface area contributed by atoms with Crippen LogP contribution in [0.15, 0.2) is 24.3 Å². The Balaban J connectivity index is 0.00000163. The van der Waals surface area contributed by atoms with Gasteiger partial charge in [-0.25, -0.2) is 0 Å². The molecule has 0 saturated heterocycles. The average Bonchev–Trinajstić information content (AvgIpc) is 2.53. The van der Waals surface area contributed by atoms with Crippen molar-refractivity contribution in [1.82, 2.24) is 15.0 Å². The van der Waals surface area contributed by atoms with Gasteiger partial charge in [-0.3, -0.25) is 0 Å². The molecule has 0 spiro atoms. The molecule has 0 bridgehead atoms. The summed E-state index contributed by atoms with van der Waals surface area (Å²) in [5.41, 5.74) is -0.977. The molecule has 0 saturated carbocycles. The Hall–Kier alpha value is -2.30. The molecule has 0 radical (unpaired) electrons. The molecule has 144 valence electrons. The SMILES string of the molecule is CC.FC(F)(F)COc1nc(Cl)nc(Nc2cccc(C(F)(F)F)c2)n1. The molecule has 1 aromatic heterocycles. The van der Waals surface area contributed by atoms with Crippen LogP contribution in [0.4, 0.5) is 38.0 Å². The molecule has 1 aromatic carbocycles. The van der Waals surface area contributed by atoms with E-state index in [0.29, 0.717) is 0 Å². The van der Waals surface area contributed by atoms with Gasteiger partial charge in [0, 0.05) is 5.69 Å². The van der Waals surface area contributed by atoms with Crippen molar-refractivity contribution in [2.24, 2.45) is 0 Å². The summed E-state index contributed by atoms with van der Waals surface area (Å²) in [6.07, 6.45) is -9.18. The van der Waals surface area contributed by atoms with E-state index in [-0.39, 0.29) is 11.6 Å². The van der Waals surface area contributed by atoms with Crippen LogP contribution < -0.4 is 10.1 Å². The second-order valence-electron chi connectivity index (χ2n) is 4.32. The summed E-state index contributed by atoms with van der Waals surface area (Å²) in [5.74, 6) is -0.369. The van der Waals surface area contributed by atoms with Gasteiger partial charge in [-0.05, 0) is 29.8 Å². The highest BCUT2D eigenvalue weighted by Gasteiger charge is 2.31. The first-order valence-electron chi connectivity index (χ1n) is 7.08. The fourth-order valence-electron chi connectivity index (χ4n) is 1.50. The third-order valence-corrected chi connectivity index (χ3v) is 2.57. The van der Waals surface area contributed by atoms with Gasteiger partial charge in [0.2, 0.25) is 11.2 Å². The zero-order valence-electron chi connectivity index (χ0n) is 13.4. The van der Waals surface area contributed by atoms with Gasteiger partial charge in [-0.1, -0.05) is 19.9 Å². The van der Waals surface area contributed by atoms with Crippen molar-refractivity contribution >= 4 is 23.2 Å². The number of nitrogens with zero attached hydrogens (tertiary/aromatic N) is 3. The number of nitrogens with one attached hydrogen (secondary N) is 1. The van der Waals surface area contributed by atoms with E-state index in [4.69, 9.17) is 11.6 Å². The molecule has 2 rings (SSSR count). The molecule has 0 unspecified atom stereocenters. The summed E-state index contributed by atoms with van der Waals surface area (Å²) < 4.78 is 78.5. The molecule has 0 aliphatic heterocycles. The molecular formula is C14H13ClF6N4O. The highest BCUT2D eigenvalue weighted by molar-refractivity contribution is 6.28. The number of alkyl halides is 6. The Labute approximate surface area is 149 Å². The van der Waals surface area contributed by atoms with Crippen molar-refractivity contribution in [1.29, 1.82) is 0 Å². The smallest absolute Gasteiger partial charge is 0.422 e. The normalized spacial score (nSPS) is 11.4. The summed E-state index contributed by atoms with van der Waals surface area (Å²) in [7, 11) is 0. The largest absolute Gasteiger partial charge is 0.454 e. The first-order valence-corrected chi connectivity index (χ1v) is 7.46. The van der Waals surface area contributed by atoms with Crippen LogP contribution in [0, 0.1) is 0 Å². The maximum absolute atomic E-state index is 12.6. The lowest BCUT2D eigenvalue weighted by molar-refractivity contribution is -0.154. The highest BCUT2D eigenvalue weighted by Crippen LogP contribution is 2.31. The zero-order chi connectivity index (χ0) is 20.0. The van der Waals surface area contributed by atoms with E-state index in [1.54, 1.807) is 0 Å². The predicted octanol–water partition coefficient (Wildman–Crippen LogP) is 5.25. The molecule has 1 heterocycles. The van der Waals surface area contributed by atoms with Gasteiger partial charge >= 0.3 is 18.4 Å². The minimum absolute atomic E-state index is 0.0473. The molecular weight excluding hydrogens is 390 g/mol. The van der Waals surface area contributed by atoms with Crippen LogP contribution in [0.25, 0.3) is 0 Å². The van der Waals surface area contributed by atoms with E-state index in [0.717, 1.165) is 18.2 Å². The first-order chi connectivity index (χ1) is 12.0. The third-order valence-electron chi connectivity index (χ3n) is 2.40. The summed E-state index contributed by atoms with van der Waals surface area (Å²) in [5, 5.41) is 1.90. The van der Waals surface area contributed by atoms with Gasteiger partial charge in [0.25, 0.3) is 0 Å². The van der Waals surface area contributed by atoms with Crippen molar-refractivity contribution in [2.45, 2.75) is 26.2 Å². The highest BCUT2D eigenvalue weighted by atomic mass is 35.5. The average molecular weight is 403 g/mol.